The van der Waals surface area contributed by atoms with Crippen LogP contribution in [0.15, 0.2) is 48.5 Å². The van der Waals surface area contributed by atoms with Gasteiger partial charge in [-0.2, -0.15) is 0 Å². The molecule has 1 saturated heterocycles. The Kier molecular flexibility index (Phi) is 5.54. The maximum atomic E-state index is 12.6. The largest absolute Gasteiger partial charge is 0.478 e. The number of hydrogen-bond donors (Lipinski definition) is 2. The van der Waals surface area contributed by atoms with Gasteiger partial charge < -0.3 is 15.3 Å². The zero-order chi connectivity index (χ0) is 19.4. The highest BCUT2D eigenvalue weighted by Crippen LogP contribution is 2.22. The first-order valence-corrected chi connectivity index (χ1v) is 8.89. The lowest BCUT2D eigenvalue weighted by molar-refractivity contribution is -0.135. The van der Waals surface area contributed by atoms with E-state index in [2.05, 4.69) is 5.32 Å². The van der Waals surface area contributed by atoms with Gasteiger partial charge in [-0.05, 0) is 36.6 Å². The van der Waals surface area contributed by atoms with E-state index in [9.17, 15) is 14.4 Å². The van der Waals surface area contributed by atoms with Gasteiger partial charge in [-0.25, -0.2) is 4.79 Å². The number of nitrogens with zero attached hydrogens (tertiary/aromatic N) is 1. The molecule has 0 spiro atoms. The average Bonchev–Trinajstić information content (AvgIpc) is 3.02. The smallest absolute Gasteiger partial charge is 0.335 e. The van der Waals surface area contributed by atoms with Crippen molar-refractivity contribution >= 4 is 17.8 Å². The van der Waals surface area contributed by atoms with Crippen LogP contribution in [0.2, 0.25) is 0 Å². The number of hydrogen-bond acceptors (Lipinski definition) is 3. The molecule has 0 bridgehead atoms. The normalized spacial score (nSPS) is 16.4. The minimum absolute atomic E-state index is 0.0125. The van der Waals surface area contributed by atoms with Crippen molar-refractivity contribution in [2.24, 2.45) is 0 Å². The summed E-state index contributed by atoms with van der Waals surface area (Å²) in [5.41, 5.74) is 3.16. The second-order valence-corrected chi connectivity index (χ2v) is 6.78. The van der Waals surface area contributed by atoms with Gasteiger partial charge in [0.25, 0.3) is 0 Å². The number of amides is 2. The van der Waals surface area contributed by atoms with Crippen LogP contribution in [0.1, 0.15) is 39.9 Å². The number of benzene rings is 2. The van der Waals surface area contributed by atoms with E-state index in [0.29, 0.717) is 25.9 Å². The molecule has 2 aromatic rings. The first-order valence-electron chi connectivity index (χ1n) is 8.89. The Morgan fingerprint density at radius 1 is 1.07 bits per heavy atom. The van der Waals surface area contributed by atoms with Crippen LogP contribution in [0.5, 0.6) is 0 Å². The van der Waals surface area contributed by atoms with Gasteiger partial charge in [0, 0.05) is 19.5 Å². The Morgan fingerprint density at radius 3 is 2.33 bits per heavy atom. The first-order chi connectivity index (χ1) is 12.9. The predicted octanol–water partition coefficient (Wildman–Crippen LogP) is 2.50. The van der Waals surface area contributed by atoms with Gasteiger partial charge in [-0.1, -0.05) is 42.0 Å². The van der Waals surface area contributed by atoms with E-state index >= 15 is 0 Å². The standard InChI is InChI=1S/C21H22N2O4/c1-14-2-4-16(5-3-14)13-23-18(10-11-19(23)24)20(25)22-12-15-6-8-17(9-7-15)21(26)27/h2-9,18H,10-13H2,1H3,(H,22,25)(H,26,27). The number of carbonyl (C=O) groups excluding carboxylic acids is 2. The Morgan fingerprint density at radius 2 is 1.70 bits per heavy atom. The first kappa shape index (κ1) is 18.6. The van der Waals surface area contributed by atoms with Gasteiger partial charge in [0.05, 0.1) is 5.56 Å². The zero-order valence-corrected chi connectivity index (χ0v) is 15.1. The van der Waals surface area contributed by atoms with Crippen molar-refractivity contribution in [1.82, 2.24) is 10.2 Å². The van der Waals surface area contributed by atoms with E-state index in [0.717, 1.165) is 16.7 Å². The number of likely N-dealkylation sites (tertiary alicyclic amines) is 1. The van der Waals surface area contributed by atoms with Crippen molar-refractivity contribution < 1.29 is 19.5 Å². The van der Waals surface area contributed by atoms with E-state index < -0.39 is 12.0 Å². The van der Waals surface area contributed by atoms with Crippen LogP contribution >= 0.6 is 0 Å². The van der Waals surface area contributed by atoms with Gasteiger partial charge in [0.1, 0.15) is 6.04 Å². The van der Waals surface area contributed by atoms with E-state index in [1.165, 1.54) is 12.1 Å². The summed E-state index contributed by atoms with van der Waals surface area (Å²) in [6.07, 6.45) is 0.881. The molecule has 1 unspecified atom stereocenters. The summed E-state index contributed by atoms with van der Waals surface area (Å²) >= 11 is 0. The van der Waals surface area contributed by atoms with E-state index in [-0.39, 0.29) is 17.4 Å². The number of carboxylic acids is 1. The fraction of sp³-hybridized carbons (Fsp3) is 0.286. The molecule has 2 amide bonds. The molecule has 0 saturated carbocycles. The van der Waals surface area contributed by atoms with Gasteiger partial charge in [0.15, 0.2) is 0 Å². The number of carboxylic acid groups (broad SMARTS) is 1. The lowest BCUT2D eigenvalue weighted by atomic mass is 10.1. The van der Waals surface area contributed by atoms with Crippen LogP contribution in [0.25, 0.3) is 0 Å². The van der Waals surface area contributed by atoms with E-state index in [1.54, 1.807) is 17.0 Å². The second-order valence-electron chi connectivity index (χ2n) is 6.78. The van der Waals surface area contributed by atoms with Gasteiger partial charge in [-0.3, -0.25) is 9.59 Å². The Bertz CT molecular complexity index is 843. The third-order valence-corrected chi connectivity index (χ3v) is 4.77. The Hall–Kier alpha value is -3.15. The highest BCUT2D eigenvalue weighted by Gasteiger charge is 2.35. The number of carbonyl (C=O) groups is 3. The molecule has 2 N–H and O–H groups in total. The zero-order valence-electron chi connectivity index (χ0n) is 15.1. The van der Waals surface area contributed by atoms with Gasteiger partial charge in [-0.15, -0.1) is 0 Å². The number of rotatable bonds is 6. The lowest BCUT2D eigenvalue weighted by Gasteiger charge is -2.24. The summed E-state index contributed by atoms with van der Waals surface area (Å²) in [4.78, 5) is 37.3. The molecule has 6 nitrogen and oxygen atoms in total. The van der Waals surface area contributed by atoms with Crippen LogP contribution < -0.4 is 5.32 Å². The molecule has 1 fully saturated rings. The van der Waals surface area contributed by atoms with Gasteiger partial charge >= 0.3 is 5.97 Å². The fourth-order valence-electron chi connectivity index (χ4n) is 3.17. The minimum Gasteiger partial charge on any atom is -0.478 e. The predicted molar refractivity (Wildman–Crippen MR) is 100.0 cm³/mol. The number of aromatic carboxylic acids is 1. The summed E-state index contributed by atoms with van der Waals surface area (Å²) in [6.45, 7) is 2.72. The SMILES string of the molecule is Cc1ccc(CN2C(=O)CCC2C(=O)NCc2ccc(C(=O)O)cc2)cc1. The average molecular weight is 366 g/mol. The van der Waals surface area contributed by atoms with Crippen LogP contribution in [0, 0.1) is 6.92 Å². The molecule has 1 atom stereocenters. The molecule has 0 aromatic heterocycles. The quantitative estimate of drug-likeness (QED) is 0.822. The topological polar surface area (TPSA) is 86.7 Å². The maximum Gasteiger partial charge on any atom is 0.335 e. The second kappa shape index (κ2) is 8.03. The molecule has 1 aliphatic rings. The van der Waals surface area contributed by atoms with Crippen molar-refractivity contribution in [2.75, 3.05) is 0 Å². The maximum absolute atomic E-state index is 12.6. The molecular weight excluding hydrogens is 344 g/mol. The molecule has 1 aliphatic heterocycles. The van der Waals surface area contributed by atoms with Crippen molar-refractivity contribution in [1.29, 1.82) is 0 Å². The summed E-state index contributed by atoms with van der Waals surface area (Å²) in [5, 5.41) is 11.8. The Balaban J connectivity index is 1.61. The molecule has 3 rings (SSSR count). The van der Waals surface area contributed by atoms with Crippen LogP contribution in [0.3, 0.4) is 0 Å². The van der Waals surface area contributed by atoms with Crippen LogP contribution in [-0.4, -0.2) is 33.8 Å². The summed E-state index contributed by atoms with van der Waals surface area (Å²) in [7, 11) is 0. The molecule has 0 aliphatic carbocycles. The van der Waals surface area contributed by atoms with Crippen molar-refractivity contribution in [3.63, 3.8) is 0 Å². The molecule has 27 heavy (non-hydrogen) atoms. The number of aryl methyl sites for hydroxylation is 1. The highest BCUT2D eigenvalue weighted by atomic mass is 16.4. The summed E-state index contributed by atoms with van der Waals surface area (Å²) < 4.78 is 0. The lowest BCUT2D eigenvalue weighted by Crippen LogP contribution is -2.44. The molecule has 2 aromatic carbocycles. The molecule has 140 valence electrons. The third-order valence-electron chi connectivity index (χ3n) is 4.77. The van der Waals surface area contributed by atoms with Crippen molar-refractivity contribution in [3.8, 4) is 0 Å². The number of nitrogens with one attached hydrogen (secondary N) is 1. The molecule has 6 heteroatoms. The van der Waals surface area contributed by atoms with Crippen molar-refractivity contribution in [3.05, 3.63) is 70.8 Å². The molecule has 1 heterocycles. The summed E-state index contributed by atoms with van der Waals surface area (Å²) in [5.74, 6) is -1.18. The van der Waals surface area contributed by atoms with Crippen molar-refractivity contribution in [2.45, 2.75) is 38.9 Å². The van der Waals surface area contributed by atoms with Crippen LogP contribution in [0.4, 0.5) is 0 Å². The monoisotopic (exact) mass is 366 g/mol. The van der Waals surface area contributed by atoms with Gasteiger partial charge in [0.2, 0.25) is 11.8 Å². The Labute approximate surface area is 157 Å². The highest BCUT2D eigenvalue weighted by molar-refractivity contribution is 5.91. The van der Waals surface area contributed by atoms with E-state index in [1.807, 2.05) is 31.2 Å². The molecular formula is C21H22N2O4. The van der Waals surface area contributed by atoms with E-state index in [4.69, 9.17) is 5.11 Å². The third kappa shape index (κ3) is 4.53. The molecule has 0 radical (unpaired) electrons. The minimum atomic E-state index is -0.984. The fourth-order valence-corrected chi connectivity index (χ4v) is 3.17. The van der Waals surface area contributed by atoms with Crippen LogP contribution in [-0.2, 0) is 22.7 Å². The summed E-state index contributed by atoms with van der Waals surface area (Å²) in [6, 6.07) is 13.8.